The van der Waals surface area contributed by atoms with Crippen LogP contribution >= 0.6 is 27.5 Å². The molecule has 2 aromatic carbocycles. The summed E-state index contributed by atoms with van der Waals surface area (Å²) >= 11 is 9.60. The predicted octanol–water partition coefficient (Wildman–Crippen LogP) is 4.54. The summed E-state index contributed by atoms with van der Waals surface area (Å²) in [5, 5.41) is 4.03. The summed E-state index contributed by atoms with van der Waals surface area (Å²) < 4.78 is 0.988. The number of nitrogens with two attached hydrogens (primary N) is 1. The average molecular weight is 460 g/mol. The number of halogens is 2. The number of nitrogens with one attached hydrogen (secondary N) is 1. The van der Waals surface area contributed by atoms with Crippen LogP contribution in [0.3, 0.4) is 0 Å². The molecule has 8 heteroatoms. The minimum atomic E-state index is 0.554. The maximum absolute atomic E-state index is 6.39. The van der Waals surface area contributed by atoms with Crippen LogP contribution in [0.2, 0.25) is 5.02 Å². The number of benzene rings is 2. The van der Waals surface area contributed by atoms with Gasteiger partial charge in [0.1, 0.15) is 12.0 Å². The molecule has 0 aliphatic carbocycles. The first-order valence-corrected chi connectivity index (χ1v) is 10.2. The molecule has 1 saturated heterocycles. The fourth-order valence-corrected chi connectivity index (χ4v) is 3.87. The molecule has 4 rings (SSSR count). The van der Waals surface area contributed by atoms with Gasteiger partial charge in [-0.05, 0) is 36.4 Å². The van der Waals surface area contributed by atoms with Gasteiger partial charge >= 0.3 is 0 Å². The van der Waals surface area contributed by atoms with E-state index in [1.807, 2.05) is 42.5 Å². The standard InChI is InChI=1S/C20H20BrClN6/c21-14-3-1-5-16(11-14)26-19-18(23)20(25-13-24-19)28-9-7-27(8-10-28)17-6-2-4-15(22)12-17/h1-6,11-13H,7-10,23H2,(H,24,25,26). The molecule has 28 heavy (non-hydrogen) atoms. The molecule has 0 bridgehead atoms. The molecule has 0 amide bonds. The van der Waals surface area contributed by atoms with Crippen molar-refractivity contribution in [2.24, 2.45) is 0 Å². The van der Waals surface area contributed by atoms with Crippen LogP contribution in [0.1, 0.15) is 0 Å². The molecule has 1 fully saturated rings. The summed E-state index contributed by atoms with van der Waals surface area (Å²) in [6, 6.07) is 15.8. The highest BCUT2D eigenvalue weighted by Crippen LogP contribution is 2.30. The number of piperazine rings is 1. The van der Waals surface area contributed by atoms with Gasteiger partial charge in [0.05, 0.1) is 0 Å². The number of hydrogen-bond acceptors (Lipinski definition) is 6. The van der Waals surface area contributed by atoms with Gasteiger partial charge in [-0.15, -0.1) is 0 Å². The highest BCUT2D eigenvalue weighted by Gasteiger charge is 2.21. The van der Waals surface area contributed by atoms with Crippen molar-refractivity contribution in [3.63, 3.8) is 0 Å². The lowest BCUT2D eigenvalue weighted by Crippen LogP contribution is -2.47. The number of nitrogen functional groups attached to an aromatic ring is 1. The Morgan fingerprint density at radius 1 is 0.964 bits per heavy atom. The third-order valence-electron chi connectivity index (χ3n) is 4.70. The fraction of sp³-hybridized carbons (Fsp3) is 0.200. The third-order valence-corrected chi connectivity index (χ3v) is 5.43. The first-order valence-electron chi connectivity index (χ1n) is 8.99. The molecule has 3 N–H and O–H groups in total. The van der Waals surface area contributed by atoms with Gasteiger partial charge in [-0.1, -0.05) is 39.7 Å². The molecule has 1 aliphatic heterocycles. The van der Waals surface area contributed by atoms with E-state index in [0.717, 1.165) is 52.9 Å². The quantitative estimate of drug-likeness (QED) is 0.597. The van der Waals surface area contributed by atoms with E-state index in [0.29, 0.717) is 11.5 Å². The summed E-state index contributed by atoms with van der Waals surface area (Å²) in [5.74, 6) is 1.37. The van der Waals surface area contributed by atoms with Gasteiger partial charge in [-0.3, -0.25) is 0 Å². The monoisotopic (exact) mass is 458 g/mol. The Bertz CT molecular complexity index is 974. The van der Waals surface area contributed by atoms with Crippen molar-refractivity contribution in [2.75, 3.05) is 47.0 Å². The summed E-state index contributed by atoms with van der Waals surface area (Å²) in [5.41, 5.74) is 9.00. The van der Waals surface area contributed by atoms with Crippen LogP contribution in [-0.2, 0) is 0 Å². The van der Waals surface area contributed by atoms with Crippen LogP contribution in [-0.4, -0.2) is 36.1 Å². The van der Waals surface area contributed by atoms with Gasteiger partial charge in [0.25, 0.3) is 0 Å². The van der Waals surface area contributed by atoms with E-state index in [4.69, 9.17) is 17.3 Å². The van der Waals surface area contributed by atoms with Crippen LogP contribution in [0.4, 0.5) is 28.7 Å². The Morgan fingerprint density at radius 3 is 2.46 bits per heavy atom. The van der Waals surface area contributed by atoms with Gasteiger partial charge in [-0.2, -0.15) is 0 Å². The minimum absolute atomic E-state index is 0.554. The van der Waals surface area contributed by atoms with Crippen molar-refractivity contribution in [3.8, 4) is 0 Å². The van der Waals surface area contributed by atoms with Crippen molar-refractivity contribution in [2.45, 2.75) is 0 Å². The Morgan fingerprint density at radius 2 is 1.71 bits per heavy atom. The number of rotatable bonds is 4. The first kappa shape index (κ1) is 18.8. The van der Waals surface area contributed by atoms with Crippen LogP contribution in [0.5, 0.6) is 0 Å². The Balaban J connectivity index is 1.48. The molecule has 0 radical (unpaired) electrons. The van der Waals surface area contributed by atoms with E-state index in [1.54, 1.807) is 6.33 Å². The molecule has 0 unspecified atom stereocenters. The lowest BCUT2D eigenvalue weighted by atomic mass is 10.2. The van der Waals surface area contributed by atoms with Crippen molar-refractivity contribution in [3.05, 3.63) is 64.4 Å². The molecular formula is C20H20BrClN6. The van der Waals surface area contributed by atoms with Gasteiger partial charge in [0.2, 0.25) is 0 Å². The second-order valence-corrected chi connectivity index (χ2v) is 7.90. The Labute approximate surface area is 177 Å². The van der Waals surface area contributed by atoms with Crippen molar-refractivity contribution >= 4 is 56.2 Å². The van der Waals surface area contributed by atoms with Crippen LogP contribution in [0.25, 0.3) is 0 Å². The highest BCUT2D eigenvalue weighted by molar-refractivity contribution is 9.10. The first-order chi connectivity index (χ1) is 13.6. The summed E-state index contributed by atoms with van der Waals surface area (Å²) in [7, 11) is 0. The van der Waals surface area contributed by atoms with E-state index < -0.39 is 0 Å². The Kier molecular flexibility index (Phi) is 5.54. The normalized spacial score (nSPS) is 14.2. The molecule has 2 heterocycles. The van der Waals surface area contributed by atoms with E-state index in [2.05, 4.69) is 47.1 Å². The number of aromatic nitrogens is 2. The lowest BCUT2D eigenvalue weighted by molar-refractivity contribution is 0.647. The smallest absolute Gasteiger partial charge is 0.159 e. The van der Waals surface area contributed by atoms with Crippen molar-refractivity contribution in [1.82, 2.24) is 9.97 Å². The molecule has 6 nitrogen and oxygen atoms in total. The Hall–Kier alpha value is -2.51. The predicted molar refractivity (Wildman–Crippen MR) is 120 cm³/mol. The van der Waals surface area contributed by atoms with Crippen molar-refractivity contribution < 1.29 is 0 Å². The average Bonchev–Trinajstić information content (AvgIpc) is 2.70. The van der Waals surface area contributed by atoms with E-state index in [1.165, 1.54) is 0 Å². The maximum atomic E-state index is 6.39. The molecule has 0 spiro atoms. The summed E-state index contributed by atoms with van der Waals surface area (Å²) in [6.45, 7) is 3.39. The van der Waals surface area contributed by atoms with E-state index in [-0.39, 0.29) is 0 Å². The molecular weight excluding hydrogens is 440 g/mol. The molecule has 3 aromatic rings. The number of hydrogen-bond donors (Lipinski definition) is 2. The zero-order chi connectivity index (χ0) is 19.5. The van der Waals surface area contributed by atoms with Crippen molar-refractivity contribution in [1.29, 1.82) is 0 Å². The maximum Gasteiger partial charge on any atom is 0.159 e. The summed E-state index contributed by atoms with van der Waals surface area (Å²) in [6.07, 6.45) is 1.55. The van der Waals surface area contributed by atoms with Gasteiger partial charge in [0.15, 0.2) is 11.6 Å². The van der Waals surface area contributed by atoms with E-state index in [9.17, 15) is 0 Å². The third kappa shape index (κ3) is 4.15. The second kappa shape index (κ2) is 8.24. The molecule has 1 aromatic heterocycles. The fourth-order valence-electron chi connectivity index (χ4n) is 3.29. The van der Waals surface area contributed by atoms with Crippen LogP contribution < -0.4 is 20.9 Å². The zero-order valence-electron chi connectivity index (χ0n) is 15.1. The van der Waals surface area contributed by atoms with Gasteiger partial charge in [0, 0.05) is 47.0 Å². The number of nitrogens with zero attached hydrogens (tertiary/aromatic N) is 4. The second-order valence-electron chi connectivity index (χ2n) is 6.55. The lowest BCUT2D eigenvalue weighted by Gasteiger charge is -2.37. The summed E-state index contributed by atoms with van der Waals surface area (Å²) in [4.78, 5) is 13.3. The molecule has 0 saturated carbocycles. The van der Waals surface area contributed by atoms with E-state index >= 15 is 0 Å². The zero-order valence-corrected chi connectivity index (χ0v) is 17.5. The molecule has 144 valence electrons. The minimum Gasteiger partial charge on any atom is -0.393 e. The van der Waals surface area contributed by atoms with Crippen LogP contribution in [0.15, 0.2) is 59.3 Å². The van der Waals surface area contributed by atoms with Gasteiger partial charge in [-0.25, -0.2) is 9.97 Å². The highest BCUT2D eigenvalue weighted by atomic mass is 79.9. The molecule has 0 atom stereocenters. The topological polar surface area (TPSA) is 70.3 Å². The molecule has 1 aliphatic rings. The van der Waals surface area contributed by atoms with Crippen LogP contribution in [0, 0.1) is 0 Å². The SMILES string of the molecule is Nc1c(Nc2cccc(Br)c2)ncnc1N1CCN(c2cccc(Cl)c2)CC1. The van der Waals surface area contributed by atoms with Gasteiger partial charge < -0.3 is 20.9 Å². The largest absolute Gasteiger partial charge is 0.393 e. The number of anilines is 5.